The van der Waals surface area contributed by atoms with Gasteiger partial charge in [0.2, 0.25) is 10.0 Å². The van der Waals surface area contributed by atoms with E-state index in [9.17, 15) is 8.42 Å². The van der Waals surface area contributed by atoms with Crippen molar-refractivity contribution in [3.05, 3.63) is 29.3 Å². The largest absolute Gasteiger partial charge is 0.326 e. The van der Waals surface area contributed by atoms with Crippen molar-refractivity contribution in [3.63, 3.8) is 0 Å². The molecule has 1 aromatic carbocycles. The third-order valence-corrected chi connectivity index (χ3v) is 5.14. The third-order valence-electron chi connectivity index (χ3n) is 3.31. The molecule has 0 atom stereocenters. The van der Waals surface area contributed by atoms with Gasteiger partial charge >= 0.3 is 0 Å². The van der Waals surface area contributed by atoms with E-state index in [0.29, 0.717) is 36.4 Å². The molecule has 5 heteroatoms. The van der Waals surface area contributed by atoms with Crippen LogP contribution < -0.4 is 5.73 Å². The molecule has 1 aromatic rings. The smallest absolute Gasteiger partial charge is 0.243 e. The van der Waals surface area contributed by atoms with Gasteiger partial charge < -0.3 is 5.73 Å². The number of rotatable bonds is 7. The standard InChI is InChI=1S/C16H28N2O2S/c1-12(2)10-18(11-13(3)4)21(19,20)16-7-6-15(9-17)14(5)8-16/h6-8,12-13H,9-11,17H2,1-5H3. The summed E-state index contributed by atoms with van der Waals surface area (Å²) >= 11 is 0. The Labute approximate surface area is 129 Å². The van der Waals surface area contributed by atoms with E-state index in [1.54, 1.807) is 16.4 Å². The van der Waals surface area contributed by atoms with Crippen molar-refractivity contribution >= 4 is 10.0 Å². The molecule has 0 unspecified atom stereocenters. The fraction of sp³-hybridized carbons (Fsp3) is 0.625. The van der Waals surface area contributed by atoms with E-state index in [4.69, 9.17) is 5.73 Å². The second kappa shape index (κ2) is 7.38. The maximum atomic E-state index is 12.8. The number of nitrogens with two attached hydrogens (primary N) is 1. The SMILES string of the molecule is Cc1cc(S(=O)(=O)N(CC(C)C)CC(C)C)ccc1CN. The summed E-state index contributed by atoms with van der Waals surface area (Å²) in [6.45, 7) is 11.5. The van der Waals surface area contributed by atoms with Crippen LogP contribution in [0.5, 0.6) is 0 Å². The fourth-order valence-corrected chi connectivity index (χ4v) is 4.14. The molecule has 2 N–H and O–H groups in total. The van der Waals surface area contributed by atoms with Gasteiger partial charge in [-0.3, -0.25) is 0 Å². The molecule has 0 spiro atoms. The Morgan fingerprint density at radius 3 is 2.00 bits per heavy atom. The van der Waals surface area contributed by atoms with Crippen LogP contribution in [0.1, 0.15) is 38.8 Å². The summed E-state index contributed by atoms with van der Waals surface area (Å²) in [7, 11) is -3.45. The van der Waals surface area contributed by atoms with Crippen molar-refractivity contribution in [3.8, 4) is 0 Å². The number of benzene rings is 1. The van der Waals surface area contributed by atoms with Crippen molar-refractivity contribution in [2.75, 3.05) is 13.1 Å². The molecule has 0 aromatic heterocycles. The molecular weight excluding hydrogens is 284 g/mol. The van der Waals surface area contributed by atoms with Crippen LogP contribution in [0.2, 0.25) is 0 Å². The molecule has 120 valence electrons. The first-order valence-corrected chi connectivity index (χ1v) is 8.92. The minimum Gasteiger partial charge on any atom is -0.326 e. The number of hydrogen-bond donors (Lipinski definition) is 1. The molecule has 0 aliphatic rings. The number of aryl methyl sites for hydroxylation is 1. The number of sulfonamides is 1. The van der Waals surface area contributed by atoms with Crippen molar-refractivity contribution in [1.29, 1.82) is 0 Å². The molecule has 0 saturated carbocycles. The zero-order chi connectivity index (χ0) is 16.2. The molecule has 0 heterocycles. The lowest BCUT2D eigenvalue weighted by atomic mass is 10.1. The molecule has 0 aliphatic carbocycles. The third kappa shape index (κ3) is 4.80. The molecule has 0 radical (unpaired) electrons. The zero-order valence-corrected chi connectivity index (χ0v) is 14.6. The van der Waals surface area contributed by atoms with E-state index < -0.39 is 10.0 Å². The minimum absolute atomic E-state index is 0.294. The first-order chi connectivity index (χ1) is 9.68. The summed E-state index contributed by atoms with van der Waals surface area (Å²) < 4.78 is 27.3. The van der Waals surface area contributed by atoms with Gasteiger partial charge in [-0.05, 0) is 42.0 Å². The Morgan fingerprint density at radius 1 is 1.10 bits per heavy atom. The van der Waals surface area contributed by atoms with Crippen molar-refractivity contribution in [2.24, 2.45) is 17.6 Å². The van der Waals surface area contributed by atoms with Crippen molar-refractivity contribution < 1.29 is 8.42 Å². The summed E-state index contributed by atoms with van der Waals surface area (Å²) in [5, 5.41) is 0. The first-order valence-electron chi connectivity index (χ1n) is 7.48. The predicted molar refractivity (Wildman–Crippen MR) is 87.5 cm³/mol. The number of hydrogen-bond acceptors (Lipinski definition) is 3. The van der Waals surface area contributed by atoms with E-state index in [1.165, 1.54) is 0 Å². The Hall–Kier alpha value is -0.910. The van der Waals surface area contributed by atoms with Gasteiger partial charge in [-0.15, -0.1) is 0 Å². The highest BCUT2D eigenvalue weighted by molar-refractivity contribution is 7.89. The lowest BCUT2D eigenvalue weighted by molar-refractivity contribution is 0.333. The second-order valence-electron chi connectivity index (χ2n) is 6.40. The summed E-state index contributed by atoms with van der Waals surface area (Å²) in [5.41, 5.74) is 7.55. The van der Waals surface area contributed by atoms with E-state index >= 15 is 0 Å². The molecular formula is C16H28N2O2S. The van der Waals surface area contributed by atoms with Crippen LogP contribution in [0.3, 0.4) is 0 Å². The monoisotopic (exact) mass is 312 g/mol. The summed E-state index contributed by atoms with van der Waals surface area (Å²) in [5.74, 6) is 0.589. The van der Waals surface area contributed by atoms with Crippen LogP contribution in [0.25, 0.3) is 0 Å². The minimum atomic E-state index is -3.45. The average molecular weight is 312 g/mol. The summed E-state index contributed by atoms with van der Waals surface area (Å²) in [6, 6.07) is 5.20. The van der Waals surface area contributed by atoms with Gasteiger partial charge in [0.25, 0.3) is 0 Å². The van der Waals surface area contributed by atoms with Gasteiger partial charge in [0.15, 0.2) is 0 Å². The van der Waals surface area contributed by atoms with Gasteiger partial charge in [0, 0.05) is 19.6 Å². The normalized spacial score (nSPS) is 12.6. The van der Waals surface area contributed by atoms with E-state index in [2.05, 4.69) is 0 Å². The summed E-state index contributed by atoms with van der Waals surface area (Å²) in [4.78, 5) is 0.360. The topological polar surface area (TPSA) is 63.4 Å². The van der Waals surface area contributed by atoms with Crippen molar-refractivity contribution in [1.82, 2.24) is 4.31 Å². The molecule has 0 amide bonds. The highest BCUT2D eigenvalue weighted by Crippen LogP contribution is 2.21. The maximum absolute atomic E-state index is 12.8. The molecule has 1 rings (SSSR count). The highest BCUT2D eigenvalue weighted by Gasteiger charge is 2.26. The Balaban J connectivity index is 3.18. The summed E-state index contributed by atoms with van der Waals surface area (Å²) in [6.07, 6.45) is 0. The van der Waals surface area contributed by atoms with E-state index in [-0.39, 0.29) is 0 Å². The lowest BCUT2D eigenvalue weighted by Crippen LogP contribution is -2.37. The second-order valence-corrected chi connectivity index (χ2v) is 8.34. The van der Waals surface area contributed by atoms with Gasteiger partial charge in [0.05, 0.1) is 4.90 Å². The van der Waals surface area contributed by atoms with Crippen LogP contribution in [-0.2, 0) is 16.6 Å². The number of nitrogens with zero attached hydrogens (tertiary/aromatic N) is 1. The van der Waals surface area contributed by atoms with Crippen LogP contribution in [-0.4, -0.2) is 25.8 Å². The Morgan fingerprint density at radius 2 is 1.62 bits per heavy atom. The van der Waals surface area contributed by atoms with Gasteiger partial charge in [-0.2, -0.15) is 4.31 Å². The van der Waals surface area contributed by atoms with E-state index in [0.717, 1.165) is 11.1 Å². The average Bonchev–Trinajstić information content (AvgIpc) is 2.36. The fourth-order valence-electron chi connectivity index (χ4n) is 2.29. The van der Waals surface area contributed by atoms with Crippen LogP contribution in [0.4, 0.5) is 0 Å². The Kier molecular flexibility index (Phi) is 6.38. The molecule has 21 heavy (non-hydrogen) atoms. The van der Waals surface area contributed by atoms with Crippen molar-refractivity contribution in [2.45, 2.75) is 46.1 Å². The lowest BCUT2D eigenvalue weighted by Gasteiger charge is -2.26. The maximum Gasteiger partial charge on any atom is 0.243 e. The first kappa shape index (κ1) is 18.1. The highest BCUT2D eigenvalue weighted by atomic mass is 32.2. The van der Waals surface area contributed by atoms with Gasteiger partial charge in [-0.1, -0.05) is 33.8 Å². The van der Waals surface area contributed by atoms with Gasteiger partial charge in [-0.25, -0.2) is 8.42 Å². The molecule has 0 bridgehead atoms. The Bertz CT molecular complexity index is 556. The molecule has 4 nitrogen and oxygen atoms in total. The zero-order valence-electron chi connectivity index (χ0n) is 13.8. The van der Waals surface area contributed by atoms with Gasteiger partial charge in [0.1, 0.15) is 0 Å². The molecule has 0 fully saturated rings. The van der Waals surface area contributed by atoms with E-state index in [1.807, 2.05) is 40.7 Å². The quantitative estimate of drug-likeness (QED) is 0.842. The van der Waals surface area contributed by atoms with Crippen LogP contribution in [0.15, 0.2) is 23.1 Å². The van der Waals surface area contributed by atoms with Crippen LogP contribution in [0, 0.1) is 18.8 Å². The molecule has 0 aliphatic heterocycles. The molecule has 0 saturated heterocycles. The van der Waals surface area contributed by atoms with Crippen LogP contribution >= 0.6 is 0 Å². The predicted octanol–water partition coefficient (Wildman–Crippen LogP) is 2.76.